The molecule has 3 aromatic rings. The fraction of sp³-hybridized carbons (Fsp3) is 0.167. The molecule has 3 rings (SSSR count). The van der Waals surface area contributed by atoms with E-state index >= 15 is 0 Å². The Hall–Kier alpha value is -1.70. The molecule has 0 spiro atoms. The number of benzene rings is 1. The number of hydrogen-bond acceptors (Lipinski definition) is 5. The molecule has 98 valence electrons. The Morgan fingerprint density at radius 1 is 1.47 bits per heavy atom. The number of nitrogens with two attached hydrogens (primary N) is 1. The van der Waals surface area contributed by atoms with Gasteiger partial charge >= 0.3 is 0 Å². The number of nitrogens with zero attached hydrogens (tertiary/aromatic N) is 3. The Bertz CT molecular complexity index is 720. The van der Waals surface area contributed by atoms with Crippen molar-refractivity contribution in [2.75, 3.05) is 0 Å². The summed E-state index contributed by atoms with van der Waals surface area (Å²) in [6, 6.07) is 7.55. The normalized spacial score (nSPS) is 13.0. The van der Waals surface area contributed by atoms with E-state index in [1.807, 2.05) is 31.3 Å². The lowest BCUT2D eigenvalue weighted by Crippen LogP contribution is -2.30. The summed E-state index contributed by atoms with van der Waals surface area (Å²) in [7, 11) is 1.81. The second-order valence-electron chi connectivity index (χ2n) is 4.19. The Labute approximate surface area is 117 Å². The van der Waals surface area contributed by atoms with Crippen molar-refractivity contribution >= 4 is 26.9 Å². The van der Waals surface area contributed by atoms with Crippen molar-refractivity contribution in [1.82, 2.24) is 20.4 Å². The van der Waals surface area contributed by atoms with Crippen LogP contribution in [0.15, 0.2) is 39.4 Å². The zero-order valence-corrected chi connectivity index (χ0v) is 11.8. The van der Waals surface area contributed by atoms with Gasteiger partial charge < -0.3 is 4.42 Å². The smallest absolute Gasteiger partial charge is 0.148 e. The maximum Gasteiger partial charge on any atom is 0.148 e. The number of aromatic nitrogens is 3. The van der Waals surface area contributed by atoms with Gasteiger partial charge in [0.1, 0.15) is 17.4 Å². The van der Waals surface area contributed by atoms with E-state index in [2.05, 4.69) is 31.7 Å². The fourth-order valence-corrected chi connectivity index (χ4v) is 2.52. The van der Waals surface area contributed by atoms with Crippen LogP contribution in [0.1, 0.15) is 17.5 Å². The predicted octanol–water partition coefficient (Wildman–Crippen LogP) is 1.88. The van der Waals surface area contributed by atoms with E-state index in [-0.39, 0.29) is 6.04 Å². The zero-order valence-electron chi connectivity index (χ0n) is 10.2. The number of fused-ring (bicyclic) bond motifs is 1. The largest absolute Gasteiger partial charge is 0.458 e. The topological polar surface area (TPSA) is 81.9 Å². The van der Waals surface area contributed by atoms with Gasteiger partial charge in [-0.3, -0.25) is 10.5 Å². The zero-order chi connectivity index (χ0) is 13.4. The molecule has 0 saturated heterocycles. The molecule has 0 saturated carbocycles. The monoisotopic (exact) mass is 321 g/mol. The van der Waals surface area contributed by atoms with Crippen molar-refractivity contribution in [2.24, 2.45) is 12.9 Å². The predicted molar refractivity (Wildman–Crippen MR) is 74.1 cm³/mol. The van der Waals surface area contributed by atoms with Crippen LogP contribution in [0.25, 0.3) is 11.0 Å². The molecule has 0 radical (unpaired) electrons. The first kappa shape index (κ1) is 12.3. The quantitative estimate of drug-likeness (QED) is 0.568. The van der Waals surface area contributed by atoms with Crippen molar-refractivity contribution in [1.29, 1.82) is 0 Å². The lowest BCUT2D eigenvalue weighted by Gasteiger charge is -2.12. The summed E-state index contributed by atoms with van der Waals surface area (Å²) < 4.78 is 8.44. The highest BCUT2D eigenvalue weighted by Gasteiger charge is 2.21. The molecule has 0 fully saturated rings. The number of aryl methyl sites for hydroxylation is 1. The summed E-state index contributed by atoms with van der Waals surface area (Å²) in [4.78, 5) is 0. The lowest BCUT2D eigenvalue weighted by molar-refractivity contribution is 0.457. The summed E-state index contributed by atoms with van der Waals surface area (Å²) in [6.45, 7) is 0. The molecule has 0 bridgehead atoms. The third kappa shape index (κ3) is 2.05. The van der Waals surface area contributed by atoms with Crippen molar-refractivity contribution in [2.45, 2.75) is 6.04 Å². The molecule has 2 aromatic heterocycles. The highest BCUT2D eigenvalue weighted by atomic mass is 79.9. The number of nitrogens with one attached hydrogen (secondary N) is 1. The number of para-hydroxylation sites is 1. The molecule has 19 heavy (non-hydrogen) atoms. The SMILES string of the molecule is Cn1nncc1C(NN)c1cc2cccc(Br)c2o1. The van der Waals surface area contributed by atoms with Gasteiger partial charge in [-0.2, -0.15) is 0 Å². The highest BCUT2D eigenvalue weighted by Crippen LogP contribution is 2.31. The van der Waals surface area contributed by atoms with Gasteiger partial charge in [0.2, 0.25) is 0 Å². The molecule has 0 aliphatic carbocycles. The average Bonchev–Trinajstić information content (AvgIpc) is 2.99. The third-order valence-electron chi connectivity index (χ3n) is 3.01. The van der Waals surface area contributed by atoms with Crippen LogP contribution in [-0.4, -0.2) is 15.0 Å². The second kappa shape index (κ2) is 4.76. The van der Waals surface area contributed by atoms with Crippen LogP contribution in [0.4, 0.5) is 0 Å². The first-order valence-electron chi connectivity index (χ1n) is 5.69. The van der Waals surface area contributed by atoms with Crippen LogP contribution >= 0.6 is 15.9 Å². The molecule has 1 aromatic carbocycles. The molecular weight excluding hydrogens is 310 g/mol. The minimum Gasteiger partial charge on any atom is -0.458 e. The molecule has 0 amide bonds. The summed E-state index contributed by atoms with van der Waals surface area (Å²) in [5.41, 5.74) is 4.36. The van der Waals surface area contributed by atoms with Crippen molar-refractivity contribution < 1.29 is 4.42 Å². The van der Waals surface area contributed by atoms with Crippen LogP contribution in [0.2, 0.25) is 0 Å². The van der Waals surface area contributed by atoms with Gasteiger partial charge in [-0.05, 0) is 28.1 Å². The molecule has 7 heteroatoms. The minimum absolute atomic E-state index is 0.292. The van der Waals surface area contributed by atoms with Crippen LogP contribution in [-0.2, 0) is 7.05 Å². The van der Waals surface area contributed by atoms with Crippen LogP contribution in [0.3, 0.4) is 0 Å². The summed E-state index contributed by atoms with van der Waals surface area (Å²) in [5, 5.41) is 8.77. The van der Waals surface area contributed by atoms with E-state index in [1.165, 1.54) is 0 Å². The summed E-state index contributed by atoms with van der Waals surface area (Å²) in [5.74, 6) is 6.35. The van der Waals surface area contributed by atoms with Crippen LogP contribution < -0.4 is 11.3 Å². The molecule has 1 unspecified atom stereocenters. The Kier molecular flexibility index (Phi) is 3.09. The van der Waals surface area contributed by atoms with E-state index in [4.69, 9.17) is 10.3 Å². The van der Waals surface area contributed by atoms with Gasteiger partial charge in [-0.1, -0.05) is 17.3 Å². The summed E-state index contributed by atoms with van der Waals surface area (Å²) in [6.07, 6.45) is 1.66. The standard InChI is InChI=1S/C12H12BrN5O/c1-18-9(6-15-17-18)11(16-14)10-5-7-3-2-4-8(13)12(7)19-10/h2-6,11,16H,14H2,1H3. The average molecular weight is 322 g/mol. The second-order valence-corrected chi connectivity index (χ2v) is 5.04. The van der Waals surface area contributed by atoms with Gasteiger partial charge in [-0.15, -0.1) is 5.10 Å². The van der Waals surface area contributed by atoms with Crippen molar-refractivity contribution in [3.63, 3.8) is 0 Å². The van der Waals surface area contributed by atoms with E-state index in [0.29, 0.717) is 0 Å². The highest BCUT2D eigenvalue weighted by molar-refractivity contribution is 9.10. The first-order valence-corrected chi connectivity index (χ1v) is 6.48. The van der Waals surface area contributed by atoms with Gasteiger partial charge in [0.15, 0.2) is 0 Å². The molecule has 0 aliphatic rings. The Morgan fingerprint density at radius 3 is 2.95 bits per heavy atom. The molecule has 3 N–H and O–H groups in total. The molecular formula is C12H12BrN5O. The van der Waals surface area contributed by atoms with Gasteiger partial charge in [0.05, 0.1) is 16.4 Å². The fourth-order valence-electron chi connectivity index (χ4n) is 2.06. The van der Waals surface area contributed by atoms with Gasteiger partial charge in [0, 0.05) is 12.4 Å². The first-order chi connectivity index (χ1) is 9.20. The maximum absolute atomic E-state index is 5.87. The molecule has 2 heterocycles. The number of rotatable bonds is 3. The molecule has 1 atom stereocenters. The lowest BCUT2D eigenvalue weighted by atomic mass is 10.1. The Balaban J connectivity index is 2.12. The van der Waals surface area contributed by atoms with Crippen LogP contribution in [0.5, 0.6) is 0 Å². The van der Waals surface area contributed by atoms with E-state index < -0.39 is 0 Å². The van der Waals surface area contributed by atoms with Gasteiger partial charge in [0.25, 0.3) is 0 Å². The van der Waals surface area contributed by atoms with E-state index in [0.717, 1.165) is 26.9 Å². The van der Waals surface area contributed by atoms with E-state index in [1.54, 1.807) is 10.9 Å². The van der Waals surface area contributed by atoms with Gasteiger partial charge in [-0.25, -0.2) is 5.43 Å². The number of hydrogen-bond donors (Lipinski definition) is 2. The minimum atomic E-state index is -0.292. The van der Waals surface area contributed by atoms with E-state index in [9.17, 15) is 0 Å². The van der Waals surface area contributed by atoms with Crippen molar-refractivity contribution in [3.8, 4) is 0 Å². The van der Waals surface area contributed by atoms with Crippen LogP contribution in [0, 0.1) is 0 Å². The maximum atomic E-state index is 5.87. The third-order valence-corrected chi connectivity index (χ3v) is 3.64. The number of furan rings is 1. The molecule has 6 nitrogen and oxygen atoms in total. The van der Waals surface area contributed by atoms with Crippen molar-refractivity contribution in [3.05, 3.63) is 46.4 Å². The summed E-state index contributed by atoms with van der Waals surface area (Å²) >= 11 is 3.47. The number of hydrazine groups is 1. The molecule has 0 aliphatic heterocycles. The number of halogens is 1. The Morgan fingerprint density at radius 2 is 2.32 bits per heavy atom.